The lowest BCUT2D eigenvalue weighted by atomic mass is 10.0. The molecule has 0 unspecified atom stereocenters. The summed E-state index contributed by atoms with van der Waals surface area (Å²) in [5.74, 6) is 0.777. The molecule has 0 heterocycles. The van der Waals surface area contributed by atoms with E-state index in [0.717, 1.165) is 38.7 Å². The maximum atomic E-state index is 12.0. The van der Waals surface area contributed by atoms with E-state index in [9.17, 15) is 4.79 Å². The minimum absolute atomic E-state index is 0. The average Bonchev–Trinajstić information content (AvgIpc) is 3.28. The van der Waals surface area contributed by atoms with Gasteiger partial charge in [0.15, 0.2) is 5.96 Å². The molecule has 0 radical (unpaired) electrons. The highest BCUT2D eigenvalue weighted by atomic mass is 127. The second-order valence-electron chi connectivity index (χ2n) is 9.01. The summed E-state index contributed by atoms with van der Waals surface area (Å²) in [7, 11) is 0. The zero-order valence-electron chi connectivity index (χ0n) is 18.7. The Hall–Kier alpha value is -0.770. The van der Waals surface area contributed by atoms with Gasteiger partial charge in [0.25, 0.3) is 0 Å². The average molecular weight is 512 g/mol. The molecule has 1 fully saturated rings. The Morgan fingerprint density at radius 2 is 1.75 bits per heavy atom. The topological polar surface area (TPSA) is 84.0 Å². The number of aliphatic imine (C=N–C) groups is 1. The highest BCUT2D eigenvalue weighted by Crippen LogP contribution is 2.48. The van der Waals surface area contributed by atoms with Crippen molar-refractivity contribution in [3.05, 3.63) is 0 Å². The van der Waals surface area contributed by atoms with Crippen molar-refractivity contribution in [1.29, 1.82) is 0 Å². The molecular weight excluding hydrogens is 471 g/mol. The molecule has 8 heteroatoms. The number of nitrogens with one attached hydrogen (secondary N) is 3. The summed E-state index contributed by atoms with van der Waals surface area (Å²) in [4.78, 5) is 16.7. The van der Waals surface area contributed by atoms with Gasteiger partial charge < -0.3 is 25.4 Å². The van der Waals surface area contributed by atoms with Crippen LogP contribution in [0.1, 0.15) is 67.7 Å². The number of hydrogen-bond donors (Lipinski definition) is 3. The summed E-state index contributed by atoms with van der Waals surface area (Å²) in [6.07, 6.45) is 3.13. The highest BCUT2D eigenvalue weighted by molar-refractivity contribution is 14.0. The van der Waals surface area contributed by atoms with E-state index in [-0.39, 0.29) is 24.0 Å². The molecular formula is C20H41IN4O3. The molecule has 1 rings (SSSR count). The van der Waals surface area contributed by atoms with Crippen molar-refractivity contribution in [2.75, 3.05) is 32.8 Å². The summed E-state index contributed by atoms with van der Waals surface area (Å²) in [5.41, 5.74) is -0.674. The van der Waals surface area contributed by atoms with Crippen LogP contribution in [0.3, 0.4) is 0 Å². The summed E-state index contributed by atoms with van der Waals surface area (Å²) in [6, 6.07) is 0. The highest BCUT2D eigenvalue weighted by Gasteiger charge is 2.42. The molecule has 0 aromatic carbocycles. The Morgan fingerprint density at radius 1 is 1.11 bits per heavy atom. The van der Waals surface area contributed by atoms with Gasteiger partial charge in [0.1, 0.15) is 5.60 Å². The Bertz CT molecular complexity index is 500. The van der Waals surface area contributed by atoms with Crippen LogP contribution in [0.2, 0.25) is 0 Å². The van der Waals surface area contributed by atoms with Crippen LogP contribution in [0, 0.1) is 5.41 Å². The van der Waals surface area contributed by atoms with Crippen molar-refractivity contribution < 1.29 is 14.3 Å². The molecule has 0 saturated heterocycles. The Morgan fingerprint density at radius 3 is 2.25 bits per heavy atom. The number of halogens is 1. The Balaban J connectivity index is 0.00000729. The van der Waals surface area contributed by atoms with Gasteiger partial charge in [0, 0.05) is 26.3 Å². The van der Waals surface area contributed by atoms with E-state index in [1.54, 1.807) is 0 Å². The normalized spacial score (nSPS) is 16.0. The number of guanidine groups is 1. The first-order valence-electron chi connectivity index (χ1n) is 10.1. The molecule has 0 atom stereocenters. The Kier molecular flexibility index (Phi) is 11.7. The van der Waals surface area contributed by atoms with Crippen molar-refractivity contribution in [2.24, 2.45) is 10.4 Å². The molecule has 3 N–H and O–H groups in total. The fourth-order valence-corrected chi connectivity index (χ4v) is 2.63. The lowest BCUT2D eigenvalue weighted by Gasteiger charge is -2.27. The van der Waals surface area contributed by atoms with Crippen LogP contribution in [0.15, 0.2) is 4.99 Å². The van der Waals surface area contributed by atoms with Gasteiger partial charge >= 0.3 is 6.09 Å². The maximum Gasteiger partial charge on any atom is 0.408 e. The van der Waals surface area contributed by atoms with Gasteiger partial charge in [0.05, 0.1) is 12.1 Å². The predicted molar refractivity (Wildman–Crippen MR) is 126 cm³/mol. The first kappa shape index (κ1) is 27.2. The van der Waals surface area contributed by atoms with Gasteiger partial charge in [-0.1, -0.05) is 0 Å². The molecule has 1 amide bonds. The number of carbonyl (C=O) groups excluding carboxylic acids is 1. The standard InChI is InChI=1S/C20H40N4O3.HI/c1-8-21-16(23-15-20(10-11-20)12-13-26-9-2)22-14-19(6,7)24-17(25)27-18(3,4)5;/h8-15H2,1-7H3,(H,24,25)(H2,21,22,23);1H. The number of ether oxygens (including phenoxy) is 2. The van der Waals surface area contributed by atoms with Crippen LogP contribution >= 0.6 is 24.0 Å². The number of nitrogens with zero attached hydrogens (tertiary/aromatic N) is 1. The fraction of sp³-hybridized carbons (Fsp3) is 0.900. The summed E-state index contributed by atoms with van der Waals surface area (Å²) in [5, 5.41) is 9.62. The van der Waals surface area contributed by atoms with Crippen LogP contribution in [0.5, 0.6) is 0 Å². The van der Waals surface area contributed by atoms with Crippen molar-refractivity contribution in [3.63, 3.8) is 0 Å². The summed E-state index contributed by atoms with van der Waals surface area (Å²) in [6.45, 7) is 17.2. The number of alkyl carbamates (subject to hydrolysis) is 1. The van der Waals surface area contributed by atoms with Crippen LogP contribution in [0.25, 0.3) is 0 Å². The zero-order valence-corrected chi connectivity index (χ0v) is 21.1. The number of carbonyl (C=O) groups is 1. The second-order valence-corrected chi connectivity index (χ2v) is 9.01. The lowest BCUT2D eigenvalue weighted by Crippen LogP contribution is -2.49. The van der Waals surface area contributed by atoms with Crippen molar-refractivity contribution in [1.82, 2.24) is 16.0 Å². The molecule has 1 aliphatic carbocycles. The third-order valence-corrected chi connectivity index (χ3v) is 4.38. The Labute approximate surface area is 188 Å². The van der Waals surface area contributed by atoms with E-state index in [1.165, 1.54) is 12.8 Å². The van der Waals surface area contributed by atoms with Gasteiger partial charge in [0.2, 0.25) is 0 Å². The van der Waals surface area contributed by atoms with Crippen molar-refractivity contribution in [2.45, 2.75) is 78.9 Å². The van der Waals surface area contributed by atoms with E-state index < -0.39 is 17.2 Å². The van der Waals surface area contributed by atoms with Gasteiger partial charge in [-0.2, -0.15) is 0 Å². The first-order valence-corrected chi connectivity index (χ1v) is 10.1. The monoisotopic (exact) mass is 512 g/mol. The number of rotatable bonds is 10. The zero-order chi connectivity index (χ0) is 20.6. The molecule has 166 valence electrons. The molecule has 0 bridgehead atoms. The summed E-state index contributed by atoms with van der Waals surface area (Å²) < 4.78 is 10.8. The minimum Gasteiger partial charge on any atom is -0.444 e. The van der Waals surface area contributed by atoms with Crippen LogP contribution in [0.4, 0.5) is 4.79 Å². The smallest absolute Gasteiger partial charge is 0.408 e. The summed E-state index contributed by atoms with van der Waals surface area (Å²) >= 11 is 0. The maximum absolute atomic E-state index is 12.0. The SMILES string of the molecule is CCNC(=NCC(C)(C)NC(=O)OC(C)(C)C)NCC1(CCOCC)CC1.I. The van der Waals surface area contributed by atoms with Gasteiger partial charge in [-0.25, -0.2) is 4.79 Å². The molecule has 1 aliphatic rings. The van der Waals surface area contributed by atoms with Gasteiger partial charge in [-0.3, -0.25) is 4.99 Å². The molecule has 0 aromatic heterocycles. The van der Waals surface area contributed by atoms with Gasteiger partial charge in [-0.05, 0) is 73.1 Å². The van der Waals surface area contributed by atoms with E-state index in [0.29, 0.717) is 12.0 Å². The van der Waals surface area contributed by atoms with E-state index in [2.05, 4.69) is 20.9 Å². The number of amides is 1. The van der Waals surface area contributed by atoms with E-state index in [4.69, 9.17) is 9.47 Å². The molecule has 0 spiro atoms. The van der Waals surface area contributed by atoms with Crippen LogP contribution < -0.4 is 16.0 Å². The largest absolute Gasteiger partial charge is 0.444 e. The van der Waals surface area contributed by atoms with Crippen LogP contribution in [-0.2, 0) is 9.47 Å². The van der Waals surface area contributed by atoms with E-state index >= 15 is 0 Å². The third kappa shape index (κ3) is 11.9. The predicted octanol–water partition coefficient (Wildman–Crippen LogP) is 3.67. The minimum atomic E-state index is -0.514. The molecule has 7 nitrogen and oxygen atoms in total. The molecule has 0 aliphatic heterocycles. The second kappa shape index (κ2) is 12.0. The quantitative estimate of drug-likeness (QED) is 0.180. The molecule has 28 heavy (non-hydrogen) atoms. The number of hydrogen-bond acceptors (Lipinski definition) is 4. The van der Waals surface area contributed by atoms with Crippen molar-refractivity contribution >= 4 is 36.0 Å². The van der Waals surface area contributed by atoms with Crippen LogP contribution in [-0.4, -0.2) is 56.0 Å². The molecule has 1 saturated carbocycles. The first-order chi connectivity index (χ1) is 12.5. The molecule has 0 aromatic rings. The lowest BCUT2D eigenvalue weighted by molar-refractivity contribution is 0.0476. The van der Waals surface area contributed by atoms with Gasteiger partial charge in [-0.15, -0.1) is 24.0 Å². The fourth-order valence-electron chi connectivity index (χ4n) is 2.63. The van der Waals surface area contributed by atoms with Crippen molar-refractivity contribution in [3.8, 4) is 0 Å². The third-order valence-electron chi connectivity index (χ3n) is 4.38. The van der Waals surface area contributed by atoms with E-state index in [1.807, 2.05) is 48.5 Å².